The smallest absolute Gasteiger partial charge is 0.0235 e. The van der Waals surface area contributed by atoms with Gasteiger partial charge in [-0.25, -0.2) is 0 Å². The van der Waals surface area contributed by atoms with Crippen LogP contribution in [0.2, 0.25) is 0 Å². The van der Waals surface area contributed by atoms with Crippen LogP contribution < -0.4 is 0 Å². The molecule has 17 aliphatic carbocycles. The third-order valence-corrected chi connectivity index (χ3v) is 37.4. The Bertz CT molecular complexity index is 2520. The second-order valence-corrected chi connectivity index (χ2v) is 53.8. The highest BCUT2D eigenvalue weighted by atomic mass is 14.7. The first-order valence-corrected chi connectivity index (χ1v) is 48.4. The van der Waals surface area contributed by atoms with Gasteiger partial charge in [0.2, 0.25) is 0 Å². The van der Waals surface area contributed by atoms with Gasteiger partial charge in [-0.3, -0.25) is 0 Å². The van der Waals surface area contributed by atoms with E-state index in [9.17, 15) is 0 Å². The average molecular weight is 1470 g/mol. The normalized spacial score (nSPS) is 52.0. The molecule has 0 heteroatoms. The number of fused-ring (bicyclic) bond motifs is 8. The second kappa shape index (κ2) is 32.1. The molecular weight excluding hydrogens is 1270 g/mol. The molecule has 0 amide bonds. The van der Waals surface area contributed by atoms with Crippen LogP contribution in [0.15, 0.2) is 0 Å². The minimum absolute atomic E-state index is 0.623. The van der Waals surface area contributed by atoms with Crippen molar-refractivity contribution in [3.63, 3.8) is 0 Å². The van der Waals surface area contributed by atoms with E-state index in [1.807, 2.05) is 0 Å². The molecule has 0 heterocycles. The zero-order valence-corrected chi connectivity index (χ0v) is 79.4. The molecular formula is C106H196. The molecule has 106 heavy (non-hydrogen) atoms. The van der Waals surface area contributed by atoms with Gasteiger partial charge < -0.3 is 0 Å². The molecule has 17 saturated carbocycles. The summed E-state index contributed by atoms with van der Waals surface area (Å²) in [5, 5.41) is 0. The van der Waals surface area contributed by atoms with E-state index < -0.39 is 0 Å². The van der Waals surface area contributed by atoms with Crippen LogP contribution >= 0.6 is 0 Å². The lowest BCUT2D eigenvalue weighted by Crippen LogP contribution is -2.56. The van der Waals surface area contributed by atoms with Crippen molar-refractivity contribution in [3.8, 4) is 0 Å². The maximum Gasteiger partial charge on any atom is -0.0235 e. The molecule has 0 N–H and O–H groups in total. The van der Waals surface area contributed by atoms with Gasteiger partial charge in [-0.1, -0.05) is 268 Å². The van der Waals surface area contributed by atoms with Gasteiger partial charge in [0, 0.05) is 0 Å². The summed E-state index contributed by atoms with van der Waals surface area (Å²) in [7, 11) is 0. The molecule has 17 aliphatic rings. The standard InChI is InChI=1S/2C16H30.C15H26.2C15H28.C15H30.C14H24/c2*1-11(2)14-15(5)7-12(3)8-16(14,6)10-13(4)9-15;1-11(2)15-7-12-5-13(3,9-15)8-14(4,6-12)10-15;2*1-11(2)13-8-14(4)6-12(3)7-15(5,9-13)10-14;1-6-15(12(2)3)10-13(4)8-7-9-14(5)11-15;1-10(2)14-8-12(3)5-11(14)6-13(4,7-12)9-14/h2*11-14H,7-10H2,1-6H3;11-12H,5-10H2,1-4H3;2*11-13H,6-10H2,1-5H3;12-14H,6-11H2,1-5H3;10-11H,5-9H2,1-4H3. The van der Waals surface area contributed by atoms with Crippen molar-refractivity contribution in [2.75, 3.05) is 0 Å². The predicted octanol–water partition coefficient (Wildman–Crippen LogP) is 34.2. The summed E-state index contributed by atoms with van der Waals surface area (Å²) < 4.78 is 0. The summed E-state index contributed by atoms with van der Waals surface area (Å²) in [4.78, 5) is 0. The molecule has 0 aromatic heterocycles. The van der Waals surface area contributed by atoms with E-state index in [0.29, 0.717) is 59.6 Å². The molecule has 0 aromatic carbocycles. The van der Waals surface area contributed by atoms with E-state index in [1.165, 1.54) is 205 Å². The van der Waals surface area contributed by atoms with E-state index in [2.05, 4.69) is 242 Å². The highest BCUT2D eigenvalue weighted by Gasteiger charge is 2.67. The van der Waals surface area contributed by atoms with Crippen LogP contribution in [-0.2, 0) is 0 Å². The fourth-order valence-corrected chi connectivity index (χ4v) is 38.8. The second-order valence-electron chi connectivity index (χ2n) is 53.8. The highest BCUT2D eigenvalue weighted by Crippen LogP contribution is 2.77. The largest absolute Gasteiger partial charge is 0.0648 e. The SMILES string of the molecule is CC(C)C12CC3(C)CC1CC(C)(C3)C2.CC(C)C12CC3CC(C)(CC(C)(C3)C1)C2.CC1CC2(C)CC(C(C)C)CC(C)(C1)C2.CC1CC2(C)CC(C(C)C)CC(C)(C1)C2.CC1CC2(C)CC(C)CC(C)(C1)C2C(C)C.CC1CC2(C)CC(C)CC(C)(C1)C2C(C)C.CCC1(C(C)C)CC(C)CCCC(C)C1. The summed E-state index contributed by atoms with van der Waals surface area (Å²) in [6, 6.07) is 0. The van der Waals surface area contributed by atoms with Gasteiger partial charge in [-0.15, -0.1) is 0 Å². The highest BCUT2D eigenvalue weighted by molar-refractivity contribution is 5.17. The molecule has 0 nitrogen and oxygen atoms in total. The molecule has 10 unspecified atom stereocenters. The first-order valence-electron chi connectivity index (χ1n) is 48.4. The van der Waals surface area contributed by atoms with Crippen molar-refractivity contribution in [1.82, 2.24) is 0 Å². The number of hydrogen-bond donors (Lipinski definition) is 0. The summed E-state index contributed by atoms with van der Waals surface area (Å²) in [5.41, 5.74) is 10.1. The predicted molar refractivity (Wildman–Crippen MR) is 470 cm³/mol. The summed E-state index contributed by atoms with van der Waals surface area (Å²) in [5.74, 6) is 19.8. The Labute approximate surface area is 668 Å². The minimum Gasteiger partial charge on any atom is -0.0648 e. The fraction of sp³-hybridized carbons (Fsp3) is 1.00. The zero-order valence-electron chi connectivity index (χ0n) is 79.4. The molecule has 17 fully saturated rings. The summed E-state index contributed by atoms with van der Waals surface area (Å²) in [6.07, 6.45) is 52.2. The van der Waals surface area contributed by atoms with Crippen molar-refractivity contribution < 1.29 is 0 Å². The first-order chi connectivity index (χ1) is 48.4. The molecule has 0 aliphatic heterocycles. The van der Waals surface area contributed by atoms with Crippen molar-refractivity contribution in [2.24, 2.45) is 206 Å². The van der Waals surface area contributed by atoms with Gasteiger partial charge in [-0.2, -0.15) is 0 Å². The Morgan fingerprint density at radius 3 is 0.774 bits per heavy atom. The fourth-order valence-electron chi connectivity index (χ4n) is 38.8. The number of rotatable bonds is 8. The first kappa shape index (κ1) is 89.9. The lowest BCUT2D eigenvalue weighted by molar-refractivity contribution is -0.162. The van der Waals surface area contributed by atoms with Gasteiger partial charge in [0.1, 0.15) is 0 Å². The molecule has 10 atom stereocenters. The maximum absolute atomic E-state index is 2.58. The Kier molecular flexibility index (Phi) is 27.3. The van der Waals surface area contributed by atoms with E-state index in [-0.39, 0.29) is 0 Å². The van der Waals surface area contributed by atoms with Crippen LogP contribution in [0.4, 0.5) is 0 Å². The molecule has 0 saturated heterocycles. The van der Waals surface area contributed by atoms with E-state index in [4.69, 9.17) is 0 Å². The van der Waals surface area contributed by atoms with Gasteiger partial charge in [0.05, 0.1) is 0 Å². The number of hydrogen-bond acceptors (Lipinski definition) is 0. The molecule has 0 spiro atoms. The van der Waals surface area contributed by atoms with Gasteiger partial charge in [-0.05, 0) is 405 Å². The monoisotopic (exact) mass is 1470 g/mol. The Morgan fingerprint density at radius 2 is 0.538 bits per heavy atom. The van der Waals surface area contributed by atoms with E-state index >= 15 is 0 Å². The average Bonchev–Trinajstić information content (AvgIpc) is 1.51. The van der Waals surface area contributed by atoms with Crippen LogP contribution in [0.5, 0.6) is 0 Å². The van der Waals surface area contributed by atoms with Crippen molar-refractivity contribution in [1.29, 1.82) is 0 Å². The van der Waals surface area contributed by atoms with Crippen LogP contribution in [0.1, 0.15) is 467 Å². The summed E-state index contributed by atoms with van der Waals surface area (Å²) >= 11 is 0. The Hall–Kier alpha value is 0. The van der Waals surface area contributed by atoms with Crippen LogP contribution in [0.25, 0.3) is 0 Å². The topological polar surface area (TPSA) is 0 Å². The molecule has 0 radical (unpaired) electrons. The third kappa shape index (κ3) is 19.8. The molecule has 16 bridgehead atoms. The quantitative estimate of drug-likeness (QED) is 0.227. The van der Waals surface area contributed by atoms with Gasteiger partial charge in [0.15, 0.2) is 0 Å². The van der Waals surface area contributed by atoms with Crippen LogP contribution in [0, 0.1) is 206 Å². The van der Waals surface area contributed by atoms with E-state index in [1.54, 1.807) is 19.3 Å². The van der Waals surface area contributed by atoms with Crippen molar-refractivity contribution >= 4 is 0 Å². The van der Waals surface area contributed by atoms with Gasteiger partial charge >= 0.3 is 0 Å². The zero-order chi connectivity index (χ0) is 79.4. The van der Waals surface area contributed by atoms with E-state index in [0.717, 1.165) is 146 Å². The van der Waals surface area contributed by atoms with Crippen LogP contribution in [-0.4, -0.2) is 0 Å². The maximum atomic E-state index is 2.58. The lowest BCUT2D eigenvalue weighted by Gasteiger charge is -2.67. The third-order valence-electron chi connectivity index (χ3n) is 37.4. The van der Waals surface area contributed by atoms with Crippen molar-refractivity contribution in [3.05, 3.63) is 0 Å². The molecule has 0 aromatic rings. The Balaban J connectivity index is 0.000000143. The summed E-state index contributed by atoms with van der Waals surface area (Å²) in [6.45, 7) is 87.2. The van der Waals surface area contributed by atoms with Crippen LogP contribution in [0.3, 0.4) is 0 Å². The Morgan fingerprint density at radius 1 is 0.255 bits per heavy atom. The minimum atomic E-state index is 0.623. The molecule has 17 rings (SSSR count). The van der Waals surface area contributed by atoms with Gasteiger partial charge in [0.25, 0.3) is 0 Å². The lowest BCUT2D eigenvalue weighted by atomic mass is 9.38. The molecule has 620 valence electrons. The van der Waals surface area contributed by atoms with Crippen molar-refractivity contribution in [2.45, 2.75) is 467 Å².